The van der Waals surface area contributed by atoms with Gasteiger partial charge in [-0.25, -0.2) is 4.68 Å². The van der Waals surface area contributed by atoms with Crippen LogP contribution in [0.5, 0.6) is 5.75 Å². The Kier molecular flexibility index (Phi) is 6.46. The molecule has 8 nitrogen and oxygen atoms in total. The summed E-state index contributed by atoms with van der Waals surface area (Å²) in [5, 5.41) is 4.31. The summed E-state index contributed by atoms with van der Waals surface area (Å²) in [6.07, 6.45) is 2.12. The van der Waals surface area contributed by atoms with Gasteiger partial charge in [0.2, 0.25) is 0 Å². The third-order valence-electron chi connectivity index (χ3n) is 5.93. The number of likely N-dealkylation sites (tertiary alicyclic amines) is 1. The molecule has 1 atom stereocenters. The summed E-state index contributed by atoms with van der Waals surface area (Å²) < 4.78 is 6.72. The van der Waals surface area contributed by atoms with Gasteiger partial charge in [-0.3, -0.25) is 9.59 Å². The van der Waals surface area contributed by atoms with E-state index in [-0.39, 0.29) is 17.6 Å². The SMILES string of the molecule is COc1ccc(-n2ncc(C(=O)C3CCN(C(=O)c4ccc(CN(C)C)cc4)C3)c2N)cc1. The van der Waals surface area contributed by atoms with Crippen LogP contribution in [0.25, 0.3) is 5.69 Å². The summed E-state index contributed by atoms with van der Waals surface area (Å²) >= 11 is 0. The largest absolute Gasteiger partial charge is 0.497 e. The van der Waals surface area contributed by atoms with Crippen LogP contribution in [-0.2, 0) is 6.54 Å². The van der Waals surface area contributed by atoms with E-state index in [1.54, 1.807) is 16.7 Å². The minimum atomic E-state index is -0.294. The maximum atomic E-state index is 13.2. The molecule has 0 spiro atoms. The van der Waals surface area contributed by atoms with Gasteiger partial charge >= 0.3 is 0 Å². The average molecular weight is 448 g/mol. The highest BCUT2D eigenvalue weighted by Crippen LogP contribution is 2.27. The van der Waals surface area contributed by atoms with Crippen molar-refractivity contribution in [2.75, 3.05) is 40.0 Å². The lowest BCUT2D eigenvalue weighted by atomic mass is 9.98. The van der Waals surface area contributed by atoms with Crippen LogP contribution in [0.4, 0.5) is 5.82 Å². The fourth-order valence-electron chi connectivity index (χ4n) is 4.16. The van der Waals surface area contributed by atoms with Gasteiger partial charge in [-0.1, -0.05) is 12.1 Å². The van der Waals surface area contributed by atoms with Crippen LogP contribution < -0.4 is 10.5 Å². The van der Waals surface area contributed by atoms with Gasteiger partial charge in [-0.2, -0.15) is 5.10 Å². The number of hydrogen-bond acceptors (Lipinski definition) is 6. The molecular weight excluding hydrogens is 418 g/mol. The van der Waals surface area contributed by atoms with Crippen LogP contribution in [0.2, 0.25) is 0 Å². The number of amides is 1. The van der Waals surface area contributed by atoms with Gasteiger partial charge in [0.1, 0.15) is 11.6 Å². The van der Waals surface area contributed by atoms with Crippen molar-refractivity contribution in [1.82, 2.24) is 19.6 Å². The molecule has 2 heterocycles. The molecule has 33 heavy (non-hydrogen) atoms. The van der Waals surface area contributed by atoms with Crippen molar-refractivity contribution in [3.63, 3.8) is 0 Å². The second-order valence-electron chi connectivity index (χ2n) is 8.59. The highest BCUT2D eigenvalue weighted by atomic mass is 16.5. The first-order chi connectivity index (χ1) is 15.9. The number of nitrogen functional groups attached to an aromatic ring is 1. The second kappa shape index (κ2) is 9.46. The van der Waals surface area contributed by atoms with E-state index in [1.165, 1.54) is 6.20 Å². The Balaban J connectivity index is 1.43. The average Bonchev–Trinajstić information content (AvgIpc) is 3.46. The molecule has 4 rings (SSSR count). The van der Waals surface area contributed by atoms with Crippen molar-refractivity contribution in [2.24, 2.45) is 5.92 Å². The number of benzene rings is 2. The van der Waals surface area contributed by atoms with Crippen molar-refractivity contribution in [1.29, 1.82) is 0 Å². The smallest absolute Gasteiger partial charge is 0.253 e. The number of ketones is 1. The Morgan fingerprint density at radius 1 is 1.12 bits per heavy atom. The Bertz CT molecular complexity index is 1140. The van der Waals surface area contributed by atoms with Crippen molar-refractivity contribution >= 4 is 17.5 Å². The number of aromatic nitrogens is 2. The number of carbonyl (C=O) groups excluding carboxylic acids is 2. The molecule has 8 heteroatoms. The molecule has 1 aliphatic heterocycles. The monoisotopic (exact) mass is 447 g/mol. The van der Waals surface area contributed by atoms with Crippen molar-refractivity contribution in [2.45, 2.75) is 13.0 Å². The van der Waals surface area contributed by atoms with Crippen molar-refractivity contribution in [3.8, 4) is 11.4 Å². The van der Waals surface area contributed by atoms with Crippen LogP contribution >= 0.6 is 0 Å². The molecule has 1 aromatic heterocycles. The summed E-state index contributed by atoms with van der Waals surface area (Å²) in [4.78, 5) is 29.9. The van der Waals surface area contributed by atoms with E-state index in [2.05, 4.69) is 10.00 Å². The Labute approximate surface area is 193 Å². The zero-order chi connectivity index (χ0) is 23.5. The molecule has 0 aliphatic carbocycles. The number of carbonyl (C=O) groups is 2. The third-order valence-corrected chi connectivity index (χ3v) is 5.93. The molecule has 1 saturated heterocycles. The first-order valence-electron chi connectivity index (χ1n) is 10.9. The van der Waals surface area contributed by atoms with Gasteiger partial charge in [0, 0.05) is 31.1 Å². The van der Waals surface area contributed by atoms with Gasteiger partial charge in [0.05, 0.1) is 24.6 Å². The lowest BCUT2D eigenvalue weighted by Crippen LogP contribution is -2.30. The third kappa shape index (κ3) is 4.75. The standard InChI is InChI=1S/C25H29N5O3/c1-28(2)15-17-4-6-18(7-5-17)25(32)29-13-12-19(16-29)23(31)22-14-27-30(24(22)26)20-8-10-21(33-3)11-9-20/h4-11,14,19H,12-13,15-16,26H2,1-3H3. The number of Topliss-reactive ketones (excluding diaryl/α,β-unsaturated/α-hetero) is 1. The molecular formula is C25H29N5O3. The molecule has 1 fully saturated rings. The maximum Gasteiger partial charge on any atom is 0.253 e. The zero-order valence-electron chi connectivity index (χ0n) is 19.2. The van der Waals surface area contributed by atoms with E-state index in [4.69, 9.17) is 10.5 Å². The van der Waals surface area contributed by atoms with Gasteiger partial charge < -0.3 is 20.3 Å². The number of nitrogens with two attached hydrogens (primary N) is 1. The minimum Gasteiger partial charge on any atom is -0.497 e. The molecule has 1 aliphatic rings. The molecule has 2 aromatic carbocycles. The van der Waals surface area contributed by atoms with Gasteiger partial charge in [0.25, 0.3) is 5.91 Å². The van der Waals surface area contributed by atoms with Crippen LogP contribution in [0.15, 0.2) is 54.7 Å². The highest BCUT2D eigenvalue weighted by molar-refractivity contribution is 6.03. The predicted molar refractivity (Wildman–Crippen MR) is 127 cm³/mol. The van der Waals surface area contributed by atoms with Crippen LogP contribution in [0.1, 0.15) is 32.7 Å². The summed E-state index contributed by atoms with van der Waals surface area (Å²) in [6.45, 7) is 1.74. The summed E-state index contributed by atoms with van der Waals surface area (Å²) in [5.74, 6) is 0.598. The van der Waals surface area contributed by atoms with Crippen molar-refractivity contribution < 1.29 is 14.3 Å². The Hall–Kier alpha value is -3.65. The lowest BCUT2D eigenvalue weighted by Gasteiger charge is -2.17. The van der Waals surface area contributed by atoms with Gasteiger partial charge in [0.15, 0.2) is 5.78 Å². The lowest BCUT2D eigenvalue weighted by molar-refractivity contribution is 0.0780. The molecule has 172 valence electrons. The quantitative estimate of drug-likeness (QED) is 0.560. The minimum absolute atomic E-state index is 0.0522. The maximum absolute atomic E-state index is 13.2. The molecule has 0 bridgehead atoms. The van der Waals surface area contributed by atoms with Crippen molar-refractivity contribution in [3.05, 3.63) is 71.4 Å². The number of rotatable bonds is 7. The van der Waals surface area contributed by atoms with E-state index >= 15 is 0 Å². The number of anilines is 1. The fraction of sp³-hybridized carbons (Fsp3) is 0.320. The van der Waals surface area contributed by atoms with E-state index in [9.17, 15) is 9.59 Å². The van der Waals surface area contributed by atoms with Crippen LogP contribution in [-0.4, -0.2) is 65.6 Å². The molecule has 3 aromatic rings. The van der Waals surface area contributed by atoms with Crippen LogP contribution in [0, 0.1) is 5.92 Å². The van der Waals surface area contributed by atoms with Gasteiger partial charge in [-0.15, -0.1) is 0 Å². The topological polar surface area (TPSA) is 93.7 Å². The van der Waals surface area contributed by atoms with E-state index in [0.717, 1.165) is 23.5 Å². The Morgan fingerprint density at radius 3 is 2.45 bits per heavy atom. The summed E-state index contributed by atoms with van der Waals surface area (Å²) in [6, 6.07) is 14.9. The molecule has 1 unspecified atom stereocenters. The summed E-state index contributed by atoms with van der Waals surface area (Å²) in [5.41, 5.74) is 9.19. The van der Waals surface area contributed by atoms with Crippen LogP contribution in [0.3, 0.4) is 0 Å². The van der Waals surface area contributed by atoms with E-state index in [0.29, 0.717) is 36.5 Å². The first-order valence-corrected chi connectivity index (χ1v) is 10.9. The number of ether oxygens (including phenoxy) is 1. The van der Waals surface area contributed by atoms with E-state index < -0.39 is 0 Å². The first kappa shape index (κ1) is 22.5. The predicted octanol–water partition coefficient (Wildman–Crippen LogP) is 2.87. The second-order valence-corrected chi connectivity index (χ2v) is 8.59. The zero-order valence-corrected chi connectivity index (χ0v) is 19.2. The molecule has 0 radical (unpaired) electrons. The summed E-state index contributed by atoms with van der Waals surface area (Å²) in [7, 11) is 5.62. The molecule has 0 saturated carbocycles. The number of methoxy groups -OCH3 is 1. The normalized spacial score (nSPS) is 15.8. The number of hydrogen-bond donors (Lipinski definition) is 1. The fourth-order valence-corrected chi connectivity index (χ4v) is 4.16. The molecule has 1 amide bonds. The van der Waals surface area contributed by atoms with E-state index in [1.807, 2.05) is 62.6 Å². The Morgan fingerprint density at radius 2 is 1.82 bits per heavy atom. The molecule has 2 N–H and O–H groups in total. The highest BCUT2D eigenvalue weighted by Gasteiger charge is 2.33. The van der Waals surface area contributed by atoms with Gasteiger partial charge in [-0.05, 0) is 62.5 Å². The number of nitrogens with zero attached hydrogens (tertiary/aromatic N) is 4.